The smallest absolute Gasteiger partial charge is 0.310 e. The Morgan fingerprint density at radius 1 is 1.44 bits per heavy atom. The van der Waals surface area contributed by atoms with Gasteiger partial charge in [0.1, 0.15) is 6.23 Å². The first-order valence-corrected chi connectivity index (χ1v) is 9.20. The minimum absolute atomic E-state index is 0.0780. The second-order valence-electron chi connectivity index (χ2n) is 8.05. The summed E-state index contributed by atoms with van der Waals surface area (Å²) in [6.07, 6.45) is 4.10. The molecule has 4 aliphatic heterocycles. The Bertz CT molecular complexity index is 836. The van der Waals surface area contributed by atoms with Crippen molar-refractivity contribution in [3.63, 3.8) is 0 Å². The molecule has 0 unspecified atom stereocenters. The van der Waals surface area contributed by atoms with Gasteiger partial charge in [0.25, 0.3) is 0 Å². The lowest BCUT2D eigenvalue weighted by atomic mass is 9.49. The second kappa shape index (κ2) is 4.27. The van der Waals surface area contributed by atoms with Crippen molar-refractivity contribution < 1.29 is 14.3 Å². The Morgan fingerprint density at radius 2 is 2.28 bits per heavy atom. The fourth-order valence-corrected chi connectivity index (χ4v) is 6.75. The summed E-state index contributed by atoms with van der Waals surface area (Å²) in [5, 5.41) is 3.73. The zero-order chi connectivity index (χ0) is 17.0. The third kappa shape index (κ3) is 1.30. The van der Waals surface area contributed by atoms with E-state index >= 15 is 0 Å². The monoisotopic (exact) mass is 338 g/mol. The number of nitrogens with one attached hydrogen (secondary N) is 1. The molecule has 5 heteroatoms. The summed E-state index contributed by atoms with van der Waals surface area (Å²) in [5.74, 6) is -0.0451. The standard InChI is InChI=1S/C20H22N2O3/c1-3-11-10-22-15-8-12(11)17(18(23)24-2)19-9-16(22)25-20(15,19)21-14-7-5-4-6-13(14)19/h3-7,12,15-17,21H,8-10H2,1-2H3/t12-,15-,16-,17+,19-,20-/m0/s1. The molecule has 0 aromatic heterocycles. The Labute approximate surface area is 147 Å². The number of para-hydroxylation sites is 1. The first-order chi connectivity index (χ1) is 12.2. The molecule has 6 atom stereocenters. The number of ether oxygens (including phenoxy) is 2. The highest BCUT2D eigenvalue weighted by molar-refractivity contribution is 5.81. The SMILES string of the molecule is CC=C1CN2[C@@H]3C[C@@]45c6ccccc6N[C@]4(O3)[C@@H]2C[C@@H]1[C@@H]5C(=O)OC. The van der Waals surface area contributed by atoms with E-state index in [1.165, 1.54) is 18.2 Å². The minimum atomic E-state index is -0.490. The summed E-state index contributed by atoms with van der Waals surface area (Å²) in [7, 11) is 1.52. The molecule has 5 nitrogen and oxygen atoms in total. The van der Waals surface area contributed by atoms with Crippen molar-refractivity contribution >= 4 is 11.7 Å². The zero-order valence-corrected chi connectivity index (χ0v) is 14.5. The average Bonchev–Trinajstić information content (AvgIpc) is 3.22. The molecular weight excluding hydrogens is 316 g/mol. The number of allylic oxidation sites excluding steroid dienone is 1. The van der Waals surface area contributed by atoms with Crippen molar-refractivity contribution in [1.29, 1.82) is 0 Å². The molecule has 3 saturated heterocycles. The van der Waals surface area contributed by atoms with Gasteiger partial charge < -0.3 is 14.8 Å². The van der Waals surface area contributed by atoms with Crippen LogP contribution in [-0.4, -0.2) is 42.5 Å². The highest BCUT2D eigenvalue weighted by atomic mass is 16.6. The predicted octanol–water partition coefficient (Wildman–Crippen LogP) is 2.25. The first-order valence-electron chi connectivity index (χ1n) is 9.20. The number of fused-ring (bicyclic) bond motifs is 4. The van der Waals surface area contributed by atoms with Gasteiger partial charge in [-0.2, -0.15) is 0 Å². The van der Waals surface area contributed by atoms with E-state index < -0.39 is 5.72 Å². The summed E-state index contributed by atoms with van der Waals surface area (Å²) in [5.41, 5.74) is 2.89. The van der Waals surface area contributed by atoms with Crippen LogP contribution in [0.3, 0.4) is 0 Å². The number of carbonyl (C=O) groups is 1. The quantitative estimate of drug-likeness (QED) is 0.629. The van der Waals surface area contributed by atoms with Crippen LogP contribution in [-0.2, 0) is 19.7 Å². The van der Waals surface area contributed by atoms with E-state index in [2.05, 4.69) is 47.5 Å². The number of esters is 1. The van der Waals surface area contributed by atoms with Crippen LogP contribution < -0.4 is 5.32 Å². The van der Waals surface area contributed by atoms with E-state index in [0.717, 1.165) is 25.1 Å². The number of carbonyl (C=O) groups excluding carboxylic acids is 1. The van der Waals surface area contributed by atoms with Crippen LogP contribution in [0.25, 0.3) is 0 Å². The minimum Gasteiger partial charge on any atom is -0.469 e. The molecule has 1 aromatic rings. The molecule has 25 heavy (non-hydrogen) atoms. The lowest BCUT2D eigenvalue weighted by molar-refractivity contribution is -0.161. The summed E-state index contributed by atoms with van der Waals surface area (Å²) in [6, 6.07) is 8.74. The molecule has 5 aliphatic rings. The first kappa shape index (κ1) is 14.3. The van der Waals surface area contributed by atoms with Crippen LogP contribution in [0.1, 0.15) is 25.3 Å². The molecule has 4 bridgehead atoms. The lowest BCUT2D eigenvalue weighted by Gasteiger charge is -2.60. The number of anilines is 1. The maximum absolute atomic E-state index is 13.1. The van der Waals surface area contributed by atoms with Crippen molar-refractivity contribution in [2.24, 2.45) is 11.8 Å². The summed E-state index contributed by atoms with van der Waals surface area (Å²) in [6.45, 7) is 2.99. The van der Waals surface area contributed by atoms with Crippen LogP contribution in [0.5, 0.6) is 0 Å². The van der Waals surface area contributed by atoms with Crippen LogP contribution in [0, 0.1) is 11.8 Å². The van der Waals surface area contributed by atoms with Crippen molar-refractivity contribution in [2.75, 3.05) is 19.0 Å². The number of methoxy groups -OCH3 is 1. The number of rotatable bonds is 1. The molecular formula is C20H22N2O3. The topological polar surface area (TPSA) is 50.8 Å². The molecule has 1 saturated carbocycles. The van der Waals surface area contributed by atoms with E-state index in [0.29, 0.717) is 6.04 Å². The second-order valence-corrected chi connectivity index (χ2v) is 8.05. The maximum atomic E-state index is 13.1. The largest absolute Gasteiger partial charge is 0.469 e. The summed E-state index contributed by atoms with van der Waals surface area (Å²) < 4.78 is 12.0. The highest BCUT2D eigenvalue weighted by Gasteiger charge is 2.82. The van der Waals surface area contributed by atoms with Crippen molar-refractivity contribution in [2.45, 2.75) is 43.2 Å². The third-order valence-electron chi connectivity index (χ3n) is 7.53. The van der Waals surface area contributed by atoms with Gasteiger partial charge in [-0.1, -0.05) is 29.8 Å². The fourth-order valence-electron chi connectivity index (χ4n) is 6.75. The zero-order valence-electron chi connectivity index (χ0n) is 14.5. The average molecular weight is 338 g/mol. The van der Waals surface area contributed by atoms with Gasteiger partial charge in [-0.15, -0.1) is 0 Å². The molecule has 4 heterocycles. The van der Waals surface area contributed by atoms with Crippen molar-refractivity contribution in [1.82, 2.24) is 4.90 Å². The van der Waals surface area contributed by atoms with Crippen LogP contribution >= 0.6 is 0 Å². The molecule has 1 aromatic carbocycles. The Kier molecular flexibility index (Phi) is 2.45. The lowest BCUT2D eigenvalue weighted by Crippen LogP contribution is -2.73. The van der Waals surface area contributed by atoms with Gasteiger partial charge in [0.2, 0.25) is 0 Å². The number of nitrogens with zero attached hydrogens (tertiary/aromatic N) is 1. The van der Waals surface area contributed by atoms with E-state index in [1.807, 2.05) is 0 Å². The van der Waals surface area contributed by atoms with Crippen molar-refractivity contribution in [3.05, 3.63) is 41.5 Å². The Morgan fingerprint density at radius 3 is 3.08 bits per heavy atom. The van der Waals surface area contributed by atoms with Crippen molar-refractivity contribution in [3.8, 4) is 0 Å². The van der Waals surface area contributed by atoms with Crippen LogP contribution in [0.15, 0.2) is 35.9 Å². The normalized spacial score (nSPS) is 46.9. The highest BCUT2D eigenvalue weighted by Crippen LogP contribution is 2.72. The van der Waals surface area contributed by atoms with Gasteiger partial charge in [0.05, 0.1) is 24.5 Å². The number of benzene rings is 1. The van der Waals surface area contributed by atoms with Gasteiger partial charge >= 0.3 is 5.97 Å². The van der Waals surface area contributed by atoms with Crippen LogP contribution in [0.2, 0.25) is 0 Å². The molecule has 6 rings (SSSR count). The number of hydrogen-bond acceptors (Lipinski definition) is 5. The Hall–Kier alpha value is -1.85. The summed E-state index contributed by atoms with van der Waals surface area (Å²) in [4.78, 5) is 15.6. The van der Waals surface area contributed by atoms with Gasteiger partial charge in [0.15, 0.2) is 5.72 Å². The number of piperidine rings is 2. The summed E-state index contributed by atoms with van der Waals surface area (Å²) >= 11 is 0. The molecule has 0 amide bonds. The molecule has 1 spiro atoms. The van der Waals surface area contributed by atoms with E-state index in [9.17, 15) is 4.79 Å². The van der Waals surface area contributed by atoms with E-state index in [4.69, 9.17) is 9.47 Å². The fraction of sp³-hybridized carbons (Fsp3) is 0.550. The molecule has 1 aliphatic carbocycles. The molecule has 0 radical (unpaired) electrons. The van der Waals surface area contributed by atoms with Crippen LogP contribution in [0.4, 0.5) is 5.69 Å². The van der Waals surface area contributed by atoms with E-state index in [1.54, 1.807) is 0 Å². The molecule has 1 N–H and O–H groups in total. The predicted molar refractivity (Wildman–Crippen MR) is 91.8 cm³/mol. The molecule has 4 fully saturated rings. The molecule has 130 valence electrons. The van der Waals surface area contributed by atoms with E-state index in [-0.39, 0.29) is 29.4 Å². The van der Waals surface area contributed by atoms with Gasteiger partial charge in [0, 0.05) is 18.7 Å². The number of hydrogen-bond donors (Lipinski definition) is 1. The third-order valence-corrected chi connectivity index (χ3v) is 7.53. The Balaban J connectivity index is 1.67. The van der Waals surface area contributed by atoms with Gasteiger partial charge in [-0.25, -0.2) is 0 Å². The maximum Gasteiger partial charge on any atom is 0.310 e. The van der Waals surface area contributed by atoms with Gasteiger partial charge in [-0.05, 0) is 30.9 Å². The van der Waals surface area contributed by atoms with Gasteiger partial charge in [-0.3, -0.25) is 9.69 Å².